The summed E-state index contributed by atoms with van der Waals surface area (Å²) in [5, 5.41) is 40.8. The zero-order valence-corrected chi connectivity index (χ0v) is 60.8. The van der Waals surface area contributed by atoms with Crippen LogP contribution in [0, 0.1) is 17.8 Å². The second-order valence-corrected chi connectivity index (χ2v) is 27.0. The van der Waals surface area contributed by atoms with Crippen molar-refractivity contribution in [1.29, 1.82) is 0 Å². The van der Waals surface area contributed by atoms with Crippen LogP contribution in [0.4, 0.5) is 0 Å². The Hall–Kier alpha value is -10.5. The van der Waals surface area contributed by atoms with E-state index < -0.39 is 157 Å². The minimum absolute atomic E-state index is 0.0379. The van der Waals surface area contributed by atoms with Crippen LogP contribution in [-0.4, -0.2) is 179 Å². The Kier molecular flexibility index (Phi) is 35.4. The minimum Gasteiger partial charge on any atom is -0.508 e. The Morgan fingerprint density at radius 3 is 1.31 bits per heavy atom. The fraction of sp³-hybridized carbons (Fsp3) is 0.521. The van der Waals surface area contributed by atoms with Crippen LogP contribution >= 0.6 is 0 Å². The summed E-state index contributed by atoms with van der Waals surface area (Å²) in [4.78, 5) is 187. The van der Waals surface area contributed by atoms with Gasteiger partial charge in [-0.15, -0.1) is 0 Å². The number of benzene rings is 3. The Labute approximate surface area is 611 Å². The first kappa shape index (κ1) is 85.2. The Bertz CT molecular complexity index is 3750. The summed E-state index contributed by atoms with van der Waals surface area (Å²) >= 11 is 0. The molecule has 0 bridgehead atoms. The van der Waals surface area contributed by atoms with Crippen LogP contribution in [0.15, 0.2) is 85.2 Å². The lowest BCUT2D eigenvalue weighted by molar-refractivity contribution is -0.136. The van der Waals surface area contributed by atoms with Crippen molar-refractivity contribution in [2.24, 2.45) is 46.4 Å². The topological polar surface area (TPSA) is 536 Å². The molecule has 5 rings (SSSR count). The van der Waals surface area contributed by atoms with E-state index >= 15 is 0 Å². The monoisotopic (exact) mass is 1460 g/mol. The number of hydrogen-bond acceptors (Lipinski definition) is 17. The molecule has 24 N–H and O–H groups in total. The van der Waals surface area contributed by atoms with Crippen LogP contribution < -0.4 is 87.2 Å². The van der Waals surface area contributed by atoms with E-state index in [1.807, 2.05) is 52.8 Å². The van der Waals surface area contributed by atoms with E-state index in [2.05, 4.69) is 68.5 Å². The quantitative estimate of drug-likeness (QED) is 0.0233. The molecule has 32 heteroatoms. The third-order valence-electron chi connectivity index (χ3n) is 18.1. The summed E-state index contributed by atoms with van der Waals surface area (Å²) in [6, 6.07) is 7.82. The highest BCUT2D eigenvalue weighted by Crippen LogP contribution is 2.23. The number of carbonyl (C=O) groups excluding carboxylic acids is 13. The third-order valence-corrected chi connectivity index (χ3v) is 18.1. The lowest BCUT2D eigenvalue weighted by atomic mass is 9.96. The molecule has 574 valence electrons. The molecule has 3 aromatic carbocycles. The summed E-state index contributed by atoms with van der Waals surface area (Å²) in [6.07, 6.45) is 4.45. The van der Waals surface area contributed by atoms with Gasteiger partial charge in [-0.25, -0.2) is 0 Å². The molecule has 0 saturated carbocycles. The predicted molar refractivity (Wildman–Crippen MR) is 395 cm³/mol. The number of phenols is 1. The molecule has 1 unspecified atom stereocenters. The summed E-state index contributed by atoms with van der Waals surface area (Å²) in [6.45, 7) is 10.1. The highest BCUT2D eigenvalue weighted by Gasteiger charge is 2.37. The number of nitrogens with one attached hydrogen (secondary N) is 13. The van der Waals surface area contributed by atoms with E-state index in [1.54, 1.807) is 49.6 Å². The largest absolute Gasteiger partial charge is 0.508 e. The normalized spacial score (nSPS) is 14.4. The number of H-pyrrole nitrogens is 2. The number of nitrogens with two attached hydrogens (primary N) is 5. The van der Waals surface area contributed by atoms with Crippen molar-refractivity contribution >= 4 is 98.6 Å². The van der Waals surface area contributed by atoms with Crippen LogP contribution in [0.3, 0.4) is 0 Å². The van der Waals surface area contributed by atoms with Crippen LogP contribution in [-0.2, 0) is 81.6 Å². The molecule has 11 atom stereocenters. The average molecular weight is 1460 g/mol. The van der Waals surface area contributed by atoms with Gasteiger partial charge < -0.3 is 102 Å². The number of primary amides is 2. The van der Waals surface area contributed by atoms with E-state index in [9.17, 15) is 67.4 Å². The number of hydrogen-bond donors (Lipinski definition) is 19. The van der Waals surface area contributed by atoms with Gasteiger partial charge in [0.05, 0.1) is 19.5 Å². The molecule has 105 heavy (non-hydrogen) atoms. The molecule has 2 aromatic heterocycles. The van der Waals surface area contributed by atoms with E-state index in [-0.39, 0.29) is 108 Å². The van der Waals surface area contributed by atoms with Crippen molar-refractivity contribution in [3.8, 4) is 5.75 Å². The van der Waals surface area contributed by atoms with Crippen molar-refractivity contribution in [2.75, 3.05) is 32.7 Å². The maximum Gasteiger partial charge on any atom is 0.243 e. The molecule has 13 amide bonds. The van der Waals surface area contributed by atoms with Crippen LogP contribution in [0.5, 0.6) is 5.75 Å². The van der Waals surface area contributed by atoms with Crippen molar-refractivity contribution < 1.29 is 67.4 Å². The zero-order valence-electron chi connectivity index (χ0n) is 60.8. The van der Waals surface area contributed by atoms with Gasteiger partial charge in [0.15, 0.2) is 0 Å². The van der Waals surface area contributed by atoms with Gasteiger partial charge >= 0.3 is 0 Å². The maximum absolute atomic E-state index is 14.9. The van der Waals surface area contributed by atoms with E-state index in [0.29, 0.717) is 40.4 Å². The SMILES string of the molecule is CCC(C)CCC(=O)N[C@H](CC(N)=O)C(=O)N[C@H](Cc1ccc(O)cc1)C(=O)N[C@H](Cc1c[nH]c2ccccc12)C(=O)N[C@H](CCCN)C(=O)N[C@@H](CCCN)C(=O)NCC(=O)N[C@H](CCCN)C(=O)N[C@@H](Cc1c[nH]c2ccccc12)C(=O)N[C@@H](CC(C)C)C(=O)N[C@H](C(=O)NCC(N)=O)[C@@H](C)CC. The molecule has 0 radical (unpaired) electrons. The minimum atomic E-state index is -1.50. The molecule has 0 aliphatic rings. The Morgan fingerprint density at radius 1 is 0.429 bits per heavy atom. The number of fused-ring (bicyclic) bond motifs is 2. The van der Waals surface area contributed by atoms with Crippen molar-refractivity contribution in [2.45, 2.75) is 192 Å². The summed E-state index contributed by atoms with van der Waals surface area (Å²) in [5.74, 6) is -11.0. The number of amides is 13. The maximum atomic E-state index is 14.9. The molecule has 0 fully saturated rings. The Balaban J connectivity index is 1.37. The molecule has 32 nitrogen and oxygen atoms in total. The van der Waals surface area contributed by atoms with Gasteiger partial charge in [-0.1, -0.05) is 103 Å². The highest BCUT2D eigenvalue weighted by molar-refractivity contribution is 6.00. The van der Waals surface area contributed by atoms with Gasteiger partial charge in [-0.2, -0.15) is 0 Å². The second kappa shape index (κ2) is 43.6. The van der Waals surface area contributed by atoms with E-state index in [0.717, 1.165) is 17.3 Å². The van der Waals surface area contributed by atoms with Gasteiger partial charge in [0, 0.05) is 59.9 Å². The number of rotatable bonds is 47. The van der Waals surface area contributed by atoms with Crippen molar-refractivity contribution in [3.05, 3.63) is 102 Å². The second-order valence-electron chi connectivity index (χ2n) is 27.0. The number of aromatic hydroxyl groups is 1. The predicted octanol–water partition coefficient (Wildman–Crippen LogP) is -0.526. The molecule has 0 aliphatic heterocycles. The van der Waals surface area contributed by atoms with Gasteiger partial charge in [0.2, 0.25) is 76.8 Å². The van der Waals surface area contributed by atoms with Gasteiger partial charge in [0.1, 0.15) is 60.1 Å². The van der Waals surface area contributed by atoms with Gasteiger partial charge in [0.25, 0.3) is 0 Å². The summed E-state index contributed by atoms with van der Waals surface area (Å²) in [7, 11) is 0. The first-order valence-corrected chi connectivity index (χ1v) is 35.9. The number of aromatic amines is 2. The van der Waals surface area contributed by atoms with E-state index in [1.165, 1.54) is 24.3 Å². The summed E-state index contributed by atoms with van der Waals surface area (Å²) < 4.78 is 0. The fourth-order valence-corrected chi connectivity index (χ4v) is 11.7. The standard InChI is InChI=1S/C73H108N18O14/c1-7-42(5)23-28-62(95)84-59(36-60(77)93)71(103)88-56(33-44-24-26-47(92)27-25-44)68(100)90-57(34-45-37-79-50-18-11-9-16-48(45)50)69(101)86-54(22-15-31-76)67(99)85-52(20-13-29-74)65(97)82-40-63(96)83-53(21-14-30-75)66(98)89-58(35-46-38-80-51-19-12-10-17-49(46)51)70(102)87-55(32-41(3)4)72(104)91-64(43(6)8-2)73(105)81-39-61(78)94/h9-12,16-19,24-27,37-38,41-43,52-59,64,79-80,92H,7-8,13-15,20-23,28-36,39-40,74-76H2,1-6H3,(H2,77,93)(H2,78,94)(H,81,105)(H,82,97)(H,83,96)(H,84,95)(H,85,99)(H,86,101)(H,87,102)(H,88,103)(H,89,98)(H,90,100)(H,91,104)/t42?,43-,52-,53+,54+,55-,56+,57+,58-,59+,64-/m0/s1. The third kappa shape index (κ3) is 28.3. The molecule has 0 spiro atoms. The van der Waals surface area contributed by atoms with Gasteiger partial charge in [-0.3, -0.25) is 62.3 Å². The van der Waals surface area contributed by atoms with Crippen LogP contribution in [0.1, 0.15) is 135 Å². The fourth-order valence-electron chi connectivity index (χ4n) is 11.7. The van der Waals surface area contributed by atoms with Crippen LogP contribution in [0.2, 0.25) is 0 Å². The smallest absolute Gasteiger partial charge is 0.243 e. The first-order valence-electron chi connectivity index (χ1n) is 35.9. The summed E-state index contributed by atoms with van der Waals surface area (Å²) in [5.41, 5.74) is 31.7. The zero-order chi connectivity index (χ0) is 77.3. The molecule has 0 saturated heterocycles. The lowest BCUT2D eigenvalue weighted by Gasteiger charge is -2.29. The van der Waals surface area contributed by atoms with Gasteiger partial charge in [-0.05, 0) is 130 Å². The van der Waals surface area contributed by atoms with Crippen LogP contribution in [0.25, 0.3) is 21.8 Å². The molecule has 0 aliphatic carbocycles. The molecule has 2 heterocycles. The molecular formula is C73H108N18O14. The lowest BCUT2D eigenvalue weighted by Crippen LogP contribution is -2.60. The Morgan fingerprint density at radius 2 is 0.848 bits per heavy atom. The van der Waals surface area contributed by atoms with Crippen molar-refractivity contribution in [1.82, 2.24) is 68.5 Å². The number of para-hydroxylation sites is 2. The molecule has 5 aromatic rings. The average Bonchev–Trinajstić information content (AvgIpc) is 1.74. The molecular weight excluding hydrogens is 1350 g/mol. The number of phenolic OH excluding ortho intramolecular Hbond substituents is 1. The number of aromatic nitrogens is 2. The van der Waals surface area contributed by atoms with E-state index in [4.69, 9.17) is 28.7 Å². The first-order chi connectivity index (χ1) is 50.1. The number of carbonyl (C=O) groups is 13. The van der Waals surface area contributed by atoms with Crippen molar-refractivity contribution in [3.63, 3.8) is 0 Å². The highest BCUT2D eigenvalue weighted by atomic mass is 16.3.